The summed E-state index contributed by atoms with van der Waals surface area (Å²) in [5.41, 5.74) is 5.72. The molecule has 3 rings (SSSR count). The molecule has 106 valence electrons. The first-order valence-electron chi connectivity index (χ1n) is 6.84. The average molecular weight is 279 g/mol. The highest BCUT2D eigenvalue weighted by atomic mass is 15.3. The van der Waals surface area contributed by atoms with Gasteiger partial charge in [-0.3, -0.25) is 16.3 Å². The van der Waals surface area contributed by atoms with Gasteiger partial charge in [0.1, 0.15) is 0 Å². The molecule has 21 heavy (non-hydrogen) atoms. The molecule has 1 unspecified atom stereocenters. The van der Waals surface area contributed by atoms with E-state index >= 15 is 0 Å². The lowest BCUT2D eigenvalue weighted by molar-refractivity contribution is 0.528. The topological polar surface area (TPSA) is 68.8 Å². The number of hydrogen-bond donors (Lipinski definition) is 2. The molecule has 0 saturated heterocycles. The number of nitrogens with zero attached hydrogens (tertiary/aromatic N) is 3. The lowest BCUT2D eigenvalue weighted by atomic mass is 10.1. The highest BCUT2D eigenvalue weighted by Gasteiger charge is 2.14. The van der Waals surface area contributed by atoms with Gasteiger partial charge in [0.2, 0.25) is 0 Å². The van der Waals surface area contributed by atoms with Gasteiger partial charge >= 0.3 is 0 Å². The molecule has 0 bridgehead atoms. The van der Waals surface area contributed by atoms with Gasteiger partial charge in [-0.1, -0.05) is 24.3 Å². The van der Waals surface area contributed by atoms with E-state index < -0.39 is 0 Å². The Morgan fingerprint density at radius 1 is 1.05 bits per heavy atom. The zero-order valence-electron chi connectivity index (χ0n) is 11.6. The van der Waals surface area contributed by atoms with Gasteiger partial charge in [0.15, 0.2) is 0 Å². The maximum atomic E-state index is 5.67. The molecule has 2 heterocycles. The van der Waals surface area contributed by atoms with Crippen LogP contribution in [0.3, 0.4) is 0 Å². The maximum absolute atomic E-state index is 5.67. The van der Waals surface area contributed by atoms with Gasteiger partial charge in [-0.2, -0.15) is 5.10 Å². The van der Waals surface area contributed by atoms with Crippen molar-refractivity contribution in [1.29, 1.82) is 0 Å². The number of nitrogens with one attached hydrogen (secondary N) is 1. The number of rotatable bonds is 5. The first-order valence-corrected chi connectivity index (χ1v) is 6.84. The van der Waals surface area contributed by atoms with E-state index in [1.807, 2.05) is 65.5 Å². The van der Waals surface area contributed by atoms with Crippen LogP contribution in [0.15, 0.2) is 67.0 Å². The molecule has 0 saturated carbocycles. The van der Waals surface area contributed by atoms with E-state index in [9.17, 15) is 0 Å². The minimum Gasteiger partial charge on any atom is -0.271 e. The van der Waals surface area contributed by atoms with Gasteiger partial charge < -0.3 is 0 Å². The summed E-state index contributed by atoms with van der Waals surface area (Å²) in [6.45, 7) is 0. The second-order valence-corrected chi connectivity index (χ2v) is 4.77. The van der Waals surface area contributed by atoms with Crippen molar-refractivity contribution >= 4 is 0 Å². The summed E-state index contributed by atoms with van der Waals surface area (Å²) in [7, 11) is 0. The number of pyridine rings is 1. The van der Waals surface area contributed by atoms with Crippen LogP contribution in [0.25, 0.3) is 5.69 Å². The van der Waals surface area contributed by atoms with E-state index in [1.54, 1.807) is 6.20 Å². The standard InChI is InChI=1S/C16H17N5/c17-19-16(12-13-6-4-5-10-18-13)15-9-11-21(20-15)14-7-2-1-3-8-14/h1-11,16,19H,12,17H2. The summed E-state index contributed by atoms with van der Waals surface area (Å²) in [5, 5.41) is 4.59. The van der Waals surface area contributed by atoms with Crippen LogP contribution in [-0.4, -0.2) is 14.8 Å². The molecule has 2 aromatic heterocycles. The highest BCUT2D eigenvalue weighted by molar-refractivity contribution is 5.30. The van der Waals surface area contributed by atoms with Gasteiger partial charge in [-0.15, -0.1) is 0 Å². The Morgan fingerprint density at radius 3 is 2.57 bits per heavy atom. The Bertz CT molecular complexity index is 678. The Labute approximate surface area is 123 Å². The second-order valence-electron chi connectivity index (χ2n) is 4.77. The lowest BCUT2D eigenvalue weighted by Gasteiger charge is -2.12. The predicted molar refractivity (Wildman–Crippen MR) is 81.6 cm³/mol. The predicted octanol–water partition coefficient (Wildman–Crippen LogP) is 2.01. The molecule has 1 aromatic carbocycles. The molecule has 3 aromatic rings. The van der Waals surface area contributed by atoms with Crippen molar-refractivity contribution in [3.05, 3.63) is 78.4 Å². The molecule has 0 aliphatic carbocycles. The number of nitrogens with two attached hydrogens (primary N) is 1. The van der Waals surface area contributed by atoms with E-state index in [0.717, 1.165) is 17.1 Å². The highest BCUT2D eigenvalue weighted by Crippen LogP contribution is 2.16. The zero-order valence-corrected chi connectivity index (χ0v) is 11.6. The number of hydrogen-bond acceptors (Lipinski definition) is 4. The summed E-state index contributed by atoms with van der Waals surface area (Å²) in [4.78, 5) is 4.33. The summed E-state index contributed by atoms with van der Waals surface area (Å²) in [6, 6.07) is 17.8. The Morgan fingerprint density at radius 2 is 1.86 bits per heavy atom. The van der Waals surface area contributed by atoms with Crippen LogP contribution < -0.4 is 11.3 Å². The average Bonchev–Trinajstić information content (AvgIpc) is 3.04. The molecule has 5 nitrogen and oxygen atoms in total. The second kappa shape index (κ2) is 6.30. The third-order valence-corrected chi connectivity index (χ3v) is 3.33. The van der Waals surface area contributed by atoms with Gasteiger partial charge in [-0.05, 0) is 30.3 Å². The van der Waals surface area contributed by atoms with Crippen molar-refractivity contribution in [3.63, 3.8) is 0 Å². The fourth-order valence-corrected chi connectivity index (χ4v) is 2.23. The molecule has 0 aliphatic rings. The third-order valence-electron chi connectivity index (χ3n) is 3.33. The quantitative estimate of drug-likeness (QED) is 0.554. The number of aromatic nitrogens is 3. The summed E-state index contributed by atoms with van der Waals surface area (Å²) in [6.07, 6.45) is 4.42. The monoisotopic (exact) mass is 279 g/mol. The fraction of sp³-hybridized carbons (Fsp3) is 0.125. The molecule has 0 fully saturated rings. The Kier molecular flexibility index (Phi) is 4.04. The minimum absolute atomic E-state index is 0.0649. The fourth-order valence-electron chi connectivity index (χ4n) is 2.23. The number of hydrazine groups is 1. The van der Waals surface area contributed by atoms with E-state index in [0.29, 0.717) is 6.42 Å². The molecule has 0 amide bonds. The first kappa shape index (κ1) is 13.5. The molecule has 1 atom stereocenters. The first-order chi connectivity index (χ1) is 10.4. The summed E-state index contributed by atoms with van der Waals surface area (Å²) in [5.74, 6) is 5.67. The van der Waals surface area contributed by atoms with Gasteiger partial charge in [0.25, 0.3) is 0 Å². The molecule has 0 radical (unpaired) electrons. The number of para-hydroxylation sites is 1. The molecular formula is C16H17N5. The van der Waals surface area contributed by atoms with Crippen molar-refractivity contribution in [2.75, 3.05) is 0 Å². The van der Waals surface area contributed by atoms with E-state index in [-0.39, 0.29) is 6.04 Å². The van der Waals surface area contributed by atoms with Crippen LogP contribution in [0.5, 0.6) is 0 Å². The lowest BCUT2D eigenvalue weighted by Crippen LogP contribution is -2.30. The van der Waals surface area contributed by atoms with Crippen molar-refractivity contribution in [3.8, 4) is 5.69 Å². The third kappa shape index (κ3) is 3.16. The molecular weight excluding hydrogens is 262 g/mol. The van der Waals surface area contributed by atoms with Crippen molar-refractivity contribution in [2.24, 2.45) is 5.84 Å². The zero-order chi connectivity index (χ0) is 14.5. The van der Waals surface area contributed by atoms with Gasteiger partial charge in [-0.25, -0.2) is 4.68 Å². The van der Waals surface area contributed by atoms with Crippen LogP contribution in [-0.2, 0) is 6.42 Å². The van der Waals surface area contributed by atoms with Crippen LogP contribution >= 0.6 is 0 Å². The van der Waals surface area contributed by atoms with E-state index in [4.69, 9.17) is 5.84 Å². The molecule has 0 spiro atoms. The maximum Gasteiger partial charge on any atom is 0.0815 e. The summed E-state index contributed by atoms with van der Waals surface area (Å²) < 4.78 is 1.85. The SMILES string of the molecule is NNC(Cc1ccccn1)c1ccn(-c2ccccc2)n1. The van der Waals surface area contributed by atoms with Crippen molar-refractivity contribution in [1.82, 2.24) is 20.2 Å². The van der Waals surface area contributed by atoms with Crippen LogP contribution in [0.1, 0.15) is 17.4 Å². The minimum atomic E-state index is -0.0649. The summed E-state index contributed by atoms with van der Waals surface area (Å²) >= 11 is 0. The molecule has 0 aliphatic heterocycles. The normalized spacial score (nSPS) is 12.2. The van der Waals surface area contributed by atoms with Crippen molar-refractivity contribution in [2.45, 2.75) is 12.5 Å². The van der Waals surface area contributed by atoms with Crippen LogP contribution in [0.4, 0.5) is 0 Å². The Hall–Kier alpha value is -2.50. The molecule has 5 heteroatoms. The molecule has 3 N–H and O–H groups in total. The largest absolute Gasteiger partial charge is 0.271 e. The van der Waals surface area contributed by atoms with Crippen molar-refractivity contribution < 1.29 is 0 Å². The Balaban J connectivity index is 1.81. The van der Waals surface area contributed by atoms with Crippen LogP contribution in [0, 0.1) is 0 Å². The van der Waals surface area contributed by atoms with Gasteiger partial charge in [0, 0.05) is 24.5 Å². The smallest absolute Gasteiger partial charge is 0.0815 e. The number of benzene rings is 1. The van der Waals surface area contributed by atoms with E-state index in [2.05, 4.69) is 15.5 Å². The van der Waals surface area contributed by atoms with E-state index in [1.165, 1.54) is 0 Å². The van der Waals surface area contributed by atoms with Gasteiger partial charge in [0.05, 0.1) is 17.4 Å². The van der Waals surface area contributed by atoms with Crippen LogP contribution in [0.2, 0.25) is 0 Å².